The lowest BCUT2D eigenvalue weighted by molar-refractivity contribution is 0.100. The van der Waals surface area contributed by atoms with Crippen LogP contribution in [-0.4, -0.2) is 15.9 Å². The van der Waals surface area contributed by atoms with Crippen molar-refractivity contribution in [3.05, 3.63) is 71.5 Å². The van der Waals surface area contributed by atoms with Crippen LogP contribution in [0.5, 0.6) is 0 Å². The second-order valence-corrected chi connectivity index (χ2v) is 6.05. The van der Waals surface area contributed by atoms with E-state index in [0.717, 1.165) is 21.8 Å². The number of fused-ring (bicyclic) bond motifs is 3. The number of nitrogens with one attached hydrogen (secondary N) is 1. The van der Waals surface area contributed by atoms with Crippen LogP contribution in [0.15, 0.2) is 60.9 Å². The van der Waals surface area contributed by atoms with Crippen molar-refractivity contribution in [2.45, 2.75) is 0 Å². The number of nitrogens with zero attached hydrogens (tertiary/aromatic N) is 2. The fraction of sp³-hybridized carbons (Fsp3) is 0. The van der Waals surface area contributed by atoms with Gasteiger partial charge in [0.25, 0.3) is 0 Å². The molecular weight excluding hydrogens is 336 g/mol. The monoisotopic (exact) mass is 348 g/mol. The van der Waals surface area contributed by atoms with Crippen LogP contribution in [0.3, 0.4) is 0 Å². The van der Waals surface area contributed by atoms with Crippen molar-refractivity contribution in [1.29, 1.82) is 0 Å². The Balaban J connectivity index is 1.96. The number of halogens is 1. The third-order valence-electron chi connectivity index (χ3n) is 3.97. The minimum atomic E-state index is -0.487. The molecule has 0 bridgehead atoms. The summed E-state index contributed by atoms with van der Waals surface area (Å²) in [7, 11) is 0. The van der Waals surface area contributed by atoms with E-state index in [9.17, 15) is 4.79 Å². The molecule has 0 spiro atoms. The molecule has 2 heterocycles. The number of primary amides is 1. The minimum Gasteiger partial charge on any atom is -0.366 e. The van der Waals surface area contributed by atoms with Crippen molar-refractivity contribution < 1.29 is 4.79 Å². The molecule has 0 unspecified atom stereocenters. The van der Waals surface area contributed by atoms with Gasteiger partial charge in [-0.05, 0) is 36.4 Å². The van der Waals surface area contributed by atoms with Gasteiger partial charge >= 0.3 is 0 Å². The van der Waals surface area contributed by atoms with Gasteiger partial charge in [-0.2, -0.15) is 0 Å². The van der Waals surface area contributed by atoms with Gasteiger partial charge in [-0.1, -0.05) is 23.7 Å². The molecular formula is C19H13ClN4O. The van der Waals surface area contributed by atoms with E-state index in [-0.39, 0.29) is 0 Å². The van der Waals surface area contributed by atoms with Crippen LogP contribution < -0.4 is 11.1 Å². The standard InChI is InChI=1S/C19H13ClN4O/c20-12-2-1-3-13(9-12)23-19-15-6-7-22-10-16(15)14-5-4-11(18(21)25)8-17(14)24-19/h1-10H,(H2,21,25)(H,23,24). The number of carbonyl (C=O) groups is 1. The topological polar surface area (TPSA) is 80.9 Å². The maximum Gasteiger partial charge on any atom is 0.248 e. The Morgan fingerprint density at radius 1 is 1.04 bits per heavy atom. The van der Waals surface area contributed by atoms with Crippen molar-refractivity contribution in [3.8, 4) is 0 Å². The maximum atomic E-state index is 11.5. The van der Waals surface area contributed by atoms with Gasteiger partial charge in [0.1, 0.15) is 5.82 Å². The summed E-state index contributed by atoms with van der Waals surface area (Å²) < 4.78 is 0. The number of carbonyl (C=O) groups excluding carboxylic acids is 1. The van der Waals surface area contributed by atoms with Crippen molar-refractivity contribution in [1.82, 2.24) is 9.97 Å². The molecule has 0 saturated heterocycles. The molecule has 4 rings (SSSR count). The van der Waals surface area contributed by atoms with Gasteiger partial charge in [-0.25, -0.2) is 4.98 Å². The summed E-state index contributed by atoms with van der Waals surface area (Å²) in [5.74, 6) is 0.174. The van der Waals surface area contributed by atoms with Gasteiger partial charge < -0.3 is 11.1 Å². The number of aromatic nitrogens is 2. The van der Waals surface area contributed by atoms with Crippen molar-refractivity contribution in [2.75, 3.05) is 5.32 Å². The predicted octanol–water partition coefficient (Wildman–Crippen LogP) is 4.28. The summed E-state index contributed by atoms with van der Waals surface area (Å²) in [6.07, 6.45) is 3.50. The number of hydrogen-bond donors (Lipinski definition) is 2. The third-order valence-corrected chi connectivity index (χ3v) is 4.20. The number of hydrogen-bond acceptors (Lipinski definition) is 4. The summed E-state index contributed by atoms with van der Waals surface area (Å²) in [5, 5.41) is 6.69. The smallest absolute Gasteiger partial charge is 0.248 e. The number of rotatable bonds is 3. The molecule has 3 N–H and O–H groups in total. The molecule has 2 aromatic carbocycles. The average Bonchev–Trinajstić information content (AvgIpc) is 2.61. The van der Waals surface area contributed by atoms with E-state index in [0.29, 0.717) is 21.9 Å². The summed E-state index contributed by atoms with van der Waals surface area (Å²) in [4.78, 5) is 20.4. The van der Waals surface area contributed by atoms with E-state index in [1.54, 1.807) is 24.5 Å². The van der Waals surface area contributed by atoms with Gasteiger partial charge in [0.05, 0.1) is 5.52 Å². The first kappa shape index (κ1) is 15.4. The highest BCUT2D eigenvalue weighted by Crippen LogP contribution is 2.31. The van der Waals surface area contributed by atoms with E-state index in [1.165, 1.54) is 0 Å². The fourth-order valence-corrected chi connectivity index (χ4v) is 2.99. The summed E-state index contributed by atoms with van der Waals surface area (Å²) in [6, 6.07) is 14.5. The molecule has 4 aromatic rings. The van der Waals surface area contributed by atoms with Gasteiger partial charge in [-0.15, -0.1) is 0 Å². The molecule has 6 heteroatoms. The number of anilines is 2. The minimum absolute atomic E-state index is 0.414. The molecule has 0 atom stereocenters. The first-order valence-electron chi connectivity index (χ1n) is 7.62. The van der Waals surface area contributed by atoms with Gasteiger partial charge in [0.2, 0.25) is 5.91 Å². The second-order valence-electron chi connectivity index (χ2n) is 5.61. The Morgan fingerprint density at radius 2 is 1.92 bits per heavy atom. The third kappa shape index (κ3) is 2.86. The normalized spacial score (nSPS) is 10.9. The molecule has 0 radical (unpaired) electrons. The molecule has 5 nitrogen and oxygen atoms in total. The van der Waals surface area contributed by atoms with Crippen molar-refractivity contribution in [2.24, 2.45) is 5.73 Å². The van der Waals surface area contributed by atoms with E-state index >= 15 is 0 Å². The Bertz CT molecular complexity index is 1130. The molecule has 2 aromatic heterocycles. The van der Waals surface area contributed by atoms with Gasteiger partial charge in [0, 0.05) is 44.8 Å². The lowest BCUT2D eigenvalue weighted by Gasteiger charge is -2.12. The van der Waals surface area contributed by atoms with Crippen LogP contribution in [0.1, 0.15) is 10.4 Å². The Labute approximate surface area is 148 Å². The molecule has 0 aliphatic rings. The first-order chi connectivity index (χ1) is 12.1. The van der Waals surface area contributed by atoms with Crippen LogP contribution in [-0.2, 0) is 0 Å². The summed E-state index contributed by atoms with van der Waals surface area (Å²) in [5.41, 5.74) is 7.29. The summed E-state index contributed by atoms with van der Waals surface area (Å²) in [6.45, 7) is 0. The van der Waals surface area contributed by atoms with E-state index in [4.69, 9.17) is 17.3 Å². The van der Waals surface area contributed by atoms with Crippen LogP contribution >= 0.6 is 11.6 Å². The van der Waals surface area contributed by atoms with Crippen molar-refractivity contribution >= 4 is 50.7 Å². The zero-order valence-electron chi connectivity index (χ0n) is 13.0. The van der Waals surface area contributed by atoms with Gasteiger partial charge in [0.15, 0.2) is 0 Å². The Hall–Kier alpha value is -3.18. The van der Waals surface area contributed by atoms with Crippen molar-refractivity contribution in [3.63, 3.8) is 0 Å². The Kier molecular flexibility index (Phi) is 3.71. The highest BCUT2D eigenvalue weighted by molar-refractivity contribution is 6.30. The van der Waals surface area contributed by atoms with Gasteiger partial charge in [-0.3, -0.25) is 9.78 Å². The number of amides is 1. The largest absolute Gasteiger partial charge is 0.366 e. The highest BCUT2D eigenvalue weighted by Gasteiger charge is 2.11. The van der Waals surface area contributed by atoms with E-state index in [1.807, 2.05) is 36.4 Å². The molecule has 1 amide bonds. The van der Waals surface area contributed by atoms with Crippen LogP contribution in [0, 0.1) is 0 Å². The second kappa shape index (κ2) is 6.03. The zero-order chi connectivity index (χ0) is 17.4. The van der Waals surface area contributed by atoms with Crippen LogP contribution in [0.25, 0.3) is 21.7 Å². The zero-order valence-corrected chi connectivity index (χ0v) is 13.8. The fourth-order valence-electron chi connectivity index (χ4n) is 2.80. The number of pyridine rings is 2. The van der Waals surface area contributed by atoms with E-state index in [2.05, 4.69) is 15.3 Å². The van der Waals surface area contributed by atoms with Crippen LogP contribution in [0.2, 0.25) is 5.02 Å². The molecule has 0 aliphatic heterocycles. The molecule has 122 valence electrons. The lowest BCUT2D eigenvalue weighted by atomic mass is 10.1. The Morgan fingerprint density at radius 3 is 2.72 bits per heavy atom. The summed E-state index contributed by atoms with van der Waals surface area (Å²) >= 11 is 6.06. The highest BCUT2D eigenvalue weighted by atomic mass is 35.5. The first-order valence-corrected chi connectivity index (χ1v) is 7.99. The molecule has 0 aliphatic carbocycles. The SMILES string of the molecule is NC(=O)c1ccc2c(c1)nc(Nc1cccc(Cl)c1)c1ccncc12. The number of nitrogens with two attached hydrogens (primary N) is 1. The van der Waals surface area contributed by atoms with E-state index < -0.39 is 5.91 Å². The predicted molar refractivity (Wildman–Crippen MR) is 100 cm³/mol. The molecule has 0 fully saturated rings. The molecule has 25 heavy (non-hydrogen) atoms. The lowest BCUT2D eigenvalue weighted by Crippen LogP contribution is -2.10. The molecule has 0 saturated carbocycles. The maximum absolute atomic E-state index is 11.5. The van der Waals surface area contributed by atoms with Crippen LogP contribution in [0.4, 0.5) is 11.5 Å². The average molecular weight is 349 g/mol. The quantitative estimate of drug-likeness (QED) is 0.541. The number of benzene rings is 2.